The molecule has 5 heteroatoms. The average molecular weight is 348 g/mol. The van der Waals surface area contributed by atoms with E-state index in [0.717, 1.165) is 29.7 Å². The number of hydrogen-bond donors (Lipinski definition) is 2. The molecule has 0 radical (unpaired) electrons. The number of hydrogen-bond acceptors (Lipinski definition) is 3. The molecule has 0 aliphatic heterocycles. The minimum Gasteiger partial charge on any atom is -0.352 e. The van der Waals surface area contributed by atoms with Gasteiger partial charge < -0.3 is 10.6 Å². The van der Waals surface area contributed by atoms with Crippen molar-refractivity contribution in [3.63, 3.8) is 0 Å². The number of nitrogens with zero attached hydrogens (tertiary/aromatic N) is 1. The van der Waals surface area contributed by atoms with Gasteiger partial charge in [-0.1, -0.05) is 28.1 Å². The summed E-state index contributed by atoms with van der Waals surface area (Å²) in [5, 5.41) is 6.21. The van der Waals surface area contributed by atoms with Crippen molar-refractivity contribution in [2.24, 2.45) is 0 Å². The first-order chi connectivity index (χ1) is 10.3. The highest BCUT2D eigenvalue weighted by atomic mass is 79.9. The summed E-state index contributed by atoms with van der Waals surface area (Å²) in [7, 11) is 0. The molecule has 0 saturated carbocycles. The molecule has 1 heterocycles. The molecule has 0 aliphatic carbocycles. The average Bonchev–Trinajstić information content (AvgIpc) is 2.51. The van der Waals surface area contributed by atoms with E-state index in [1.54, 1.807) is 12.3 Å². The molecule has 0 unspecified atom stereocenters. The lowest BCUT2D eigenvalue weighted by Crippen LogP contribution is -2.27. The quantitative estimate of drug-likeness (QED) is 0.757. The summed E-state index contributed by atoms with van der Waals surface area (Å²) in [4.78, 5) is 16.1. The molecule has 2 aromatic rings. The second-order valence-corrected chi connectivity index (χ2v) is 5.53. The summed E-state index contributed by atoms with van der Waals surface area (Å²) in [6.45, 7) is 2.25. The number of rotatable bonds is 7. The van der Waals surface area contributed by atoms with E-state index in [9.17, 15) is 4.79 Å². The van der Waals surface area contributed by atoms with Gasteiger partial charge in [-0.05, 0) is 43.3 Å². The molecule has 110 valence electrons. The Morgan fingerprint density at radius 1 is 1.14 bits per heavy atom. The zero-order chi connectivity index (χ0) is 14.9. The number of halogens is 1. The van der Waals surface area contributed by atoms with Crippen molar-refractivity contribution in [3.05, 3.63) is 64.4 Å². The predicted molar refractivity (Wildman–Crippen MR) is 87.0 cm³/mol. The molecule has 2 N–H and O–H groups in total. The largest absolute Gasteiger partial charge is 0.352 e. The molecule has 2 rings (SSSR count). The molecule has 4 nitrogen and oxygen atoms in total. The van der Waals surface area contributed by atoms with Gasteiger partial charge in [0.1, 0.15) is 0 Å². The maximum atomic E-state index is 11.9. The monoisotopic (exact) mass is 347 g/mol. The fourth-order valence-electron chi connectivity index (χ4n) is 1.87. The van der Waals surface area contributed by atoms with Crippen molar-refractivity contribution >= 4 is 21.8 Å². The van der Waals surface area contributed by atoms with Crippen LogP contribution in [-0.2, 0) is 6.54 Å². The van der Waals surface area contributed by atoms with Gasteiger partial charge in [-0.3, -0.25) is 9.78 Å². The fourth-order valence-corrected chi connectivity index (χ4v) is 2.27. The first-order valence-corrected chi connectivity index (χ1v) is 7.69. The summed E-state index contributed by atoms with van der Waals surface area (Å²) in [5.74, 6) is -0.0407. The van der Waals surface area contributed by atoms with E-state index in [1.165, 1.54) is 0 Å². The van der Waals surface area contributed by atoms with Gasteiger partial charge in [0.2, 0.25) is 0 Å². The van der Waals surface area contributed by atoms with Gasteiger partial charge in [0.15, 0.2) is 0 Å². The molecule has 0 fully saturated rings. The van der Waals surface area contributed by atoms with Crippen LogP contribution in [0.25, 0.3) is 0 Å². The second kappa shape index (κ2) is 8.54. The fraction of sp³-hybridized carbons (Fsp3) is 0.250. The second-order valence-electron chi connectivity index (χ2n) is 4.62. The Kier molecular flexibility index (Phi) is 6.37. The summed E-state index contributed by atoms with van der Waals surface area (Å²) in [6, 6.07) is 13.2. The smallest absolute Gasteiger partial charge is 0.251 e. The van der Waals surface area contributed by atoms with Gasteiger partial charge in [0, 0.05) is 29.3 Å². The lowest BCUT2D eigenvalue weighted by molar-refractivity contribution is 0.0953. The minimum absolute atomic E-state index is 0.0407. The molecular formula is C16H18BrN3O. The standard InChI is InChI=1S/C16H18BrN3O/c17-14-6-3-5-13(11-14)16(21)20-10-4-8-18-12-15-7-1-2-9-19-15/h1-3,5-7,9,11,18H,4,8,10,12H2,(H,20,21). The van der Waals surface area contributed by atoms with Gasteiger partial charge in [-0.2, -0.15) is 0 Å². The Morgan fingerprint density at radius 3 is 2.81 bits per heavy atom. The van der Waals surface area contributed by atoms with Crippen LogP contribution in [0.4, 0.5) is 0 Å². The van der Waals surface area contributed by atoms with Gasteiger partial charge in [0.05, 0.1) is 5.69 Å². The lowest BCUT2D eigenvalue weighted by atomic mass is 10.2. The minimum atomic E-state index is -0.0407. The normalized spacial score (nSPS) is 10.3. The van der Waals surface area contributed by atoms with Crippen LogP contribution in [0, 0.1) is 0 Å². The predicted octanol–water partition coefficient (Wildman–Crippen LogP) is 2.75. The molecule has 0 aliphatic rings. The van der Waals surface area contributed by atoms with Crippen LogP contribution >= 0.6 is 15.9 Å². The summed E-state index contributed by atoms with van der Waals surface area (Å²) in [5.41, 5.74) is 1.70. The summed E-state index contributed by atoms with van der Waals surface area (Å²) < 4.78 is 0.909. The number of benzene rings is 1. The Labute approximate surface area is 133 Å². The van der Waals surface area contributed by atoms with E-state index in [1.807, 2.05) is 36.4 Å². The van der Waals surface area contributed by atoms with Crippen molar-refractivity contribution in [3.8, 4) is 0 Å². The number of nitrogens with one attached hydrogen (secondary N) is 2. The molecule has 0 saturated heterocycles. The van der Waals surface area contributed by atoms with Crippen molar-refractivity contribution in [2.75, 3.05) is 13.1 Å². The van der Waals surface area contributed by atoms with Gasteiger partial charge in [-0.15, -0.1) is 0 Å². The Hall–Kier alpha value is -1.72. The van der Waals surface area contributed by atoms with E-state index in [2.05, 4.69) is 31.5 Å². The summed E-state index contributed by atoms with van der Waals surface area (Å²) in [6.07, 6.45) is 2.67. The number of carbonyl (C=O) groups is 1. The summed E-state index contributed by atoms with van der Waals surface area (Å²) >= 11 is 3.36. The zero-order valence-corrected chi connectivity index (χ0v) is 13.3. The highest BCUT2D eigenvalue weighted by molar-refractivity contribution is 9.10. The van der Waals surface area contributed by atoms with Crippen LogP contribution in [0.2, 0.25) is 0 Å². The third-order valence-corrected chi connectivity index (χ3v) is 3.43. The number of amides is 1. The van der Waals surface area contributed by atoms with Crippen LogP contribution in [0.3, 0.4) is 0 Å². The van der Waals surface area contributed by atoms with Crippen molar-refractivity contribution in [1.82, 2.24) is 15.6 Å². The molecule has 1 aromatic carbocycles. The third-order valence-electron chi connectivity index (χ3n) is 2.93. The maximum Gasteiger partial charge on any atom is 0.251 e. The number of carbonyl (C=O) groups excluding carboxylic acids is 1. The molecule has 1 aromatic heterocycles. The van der Waals surface area contributed by atoms with E-state index in [0.29, 0.717) is 12.1 Å². The third kappa shape index (κ3) is 5.65. The molecule has 0 bridgehead atoms. The maximum absolute atomic E-state index is 11.9. The lowest BCUT2D eigenvalue weighted by Gasteiger charge is -2.07. The molecule has 0 spiro atoms. The highest BCUT2D eigenvalue weighted by Crippen LogP contribution is 2.11. The molecule has 21 heavy (non-hydrogen) atoms. The van der Waals surface area contributed by atoms with Gasteiger partial charge in [-0.25, -0.2) is 0 Å². The Balaban J connectivity index is 1.60. The van der Waals surface area contributed by atoms with Crippen LogP contribution in [0.1, 0.15) is 22.5 Å². The van der Waals surface area contributed by atoms with Crippen LogP contribution in [0.5, 0.6) is 0 Å². The van der Waals surface area contributed by atoms with Crippen molar-refractivity contribution in [1.29, 1.82) is 0 Å². The molecule has 1 amide bonds. The Morgan fingerprint density at radius 2 is 2.05 bits per heavy atom. The zero-order valence-electron chi connectivity index (χ0n) is 11.7. The number of pyridine rings is 1. The first-order valence-electron chi connectivity index (χ1n) is 6.90. The topological polar surface area (TPSA) is 54.0 Å². The number of aromatic nitrogens is 1. The van der Waals surface area contributed by atoms with Crippen molar-refractivity contribution < 1.29 is 4.79 Å². The Bertz CT molecular complexity index is 575. The van der Waals surface area contributed by atoms with Crippen molar-refractivity contribution in [2.45, 2.75) is 13.0 Å². The highest BCUT2D eigenvalue weighted by Gasteiger charge is 2.04. The van der Waals surface area contributed by atoms with Gasteiger partial charge in [0.25, 0.3) is 5.91 Å². The molecular weight excluding hydrogens is 330 g/mol. The van der Waals surface area contributed by atoms with Crippen LogP contribution in [0.15, 0.2) is 53.1 Å². The van der Waals surface area contributed by atoms with E-state index >= 15 is 0 Å². The van der Waals surface area contributed by atoms with Crippen LogP contribution < -0.4 is 10.6 Å². The first kappa shape index (κ1) is 15.7. The van der Waals surface area contributed by atoms with Gasteiger partial charge >= 0.3 is 0 Å². The van der Waals surface area contributed by atoms with Crippen LogP contribution in [-0.4, -0.2) is 24.0 Å². The molecule has 0 atom stereocenters. The SMILES string of the molecule is O=C(NCCCNCc1ccccn1)c1cccc(Br)c1. The van der Waals surface area contributed by atoms with E-state index in [-0.39, 0.29) is 5.91 Å². The van der Waals surface area contributed by atoms with E-state index in [4.69, 9.17) is 0 Å². The van der Waals surface area contributed by atoms with E-state index < -0.39 is 0 Å².